The number of hydrogen-bond donors (Lipinski definition) is 1. The molecule has 0 radical (unpaired) electrons. The first-order valence-electron chi connectivity index (χ1n) is 7.33. The van der Waals surface area contributed by atoms with E-state index in [1.165, 1.54) is 5.56 Å². The standard InChI is InChI=1S/C15H23N5/c1-5-8-20-10-12(9-17-20)14-18-11(4)13(6-2)15(19-14)16-7-3/h9-10H,5-8H2,1-4H3,(H,16,18,19). The van der Waals surface area contributed by atoms with Gasteiger partial charge in [-0.2, -0.15) is 5.10 Å². The van der Waals surface area contributed by atoms with Crippen LogP contribution in [0.3, 0.4) is 0 Å². The lowest BCUT2D eigenvalue weighted by atomic mass is 10.1. The molecule has 20 heavy (non-hydrogen) atoms. The summed E-state index contributed by atoms with van der Waals surface area (Å²) >= 11 is 0. The second kappa shape index (κ2) is 6.50. The molecule has 0 aliphatic rings. The first-order valence-corrected chi connectivity index (χ1v) is 7.33. The normalized spacial score (nSPS) is 10.8. The van der Waals surface area contributed by atoms with Gasteiger partial charge in [0, 0.05) is 30.5 Å². The number of nitrogens with zero attached hydrogens (tertiary/aromatic N) is 4. The fourth-order valence-electron chi connectivity index (χ4n) is 2.29. The lowest BCUT2D eigenvalue weighted by molar-refractivity contribution is 0.603. The van der Waals surface area contributed by atoms with E-state index in [4.69, 9.17) is 0 Å². The third kappa shape index (κ3) is 2.98. The van der Waals surface area contributed by atoms with E-state index in [1.807, 2.05) is 24.0 Å². The zero-order valence-corrected chi connectivity index (χ0v) is 12.8. The predicted molar refractivity (Wildman–Crippen MR) is 81.8 cm³/mol. The summed E-state index contributed by atoms with van der Waals surface area (Å²) in [6.45, 7) is 10.2. The summed E-state index contributed by atoms with van der Waals surface area (Å²) < 4.78 is 1.94. The molecule has 5 heteroatoms. The maximum atomic E-state index is 4.66. The van der Waals surface area contributed by atoms with Crippen LogP contribution in [0.25, 0.3) is 11.4 Å². The quantitative estimate of drug-likeness (QED) is 0.879. The van der Waals surface area contributed by atoms with Gasteiger partial charge in [0.25, 0.3) is 0 Å². The van der Waals surface area contributed by atoms with Crippen molar-refractivity contribution in [3.63, 3.8) is 0 Å². The van der Waals surface area contributed by atoms with Crippen LogP contribution in [0.1, 0.15) is 38.4 Å². The Morgan fingerprint density at radius 2 is 2.00 bits per heavy atom. The van der Waals surface area contributed by atoms with Crippen molar-refractivity contribution in [3.05, 3.63) is 23.7 Å². The zero-order chi connectivity index (χ0) is 14.5. The van der Waals surface area contributed by atoms with E-state index in [1.54, 1.807) is 0 Å². The highest BCUT2D eigenvalue weighted by atomic mass is 15.3. The van der Waals surface area contributed by atoms with Crippen LogP contribution in [0.4, 0.5) is 5.82 Å². The van der Waals surface area contributed by atoms with Gasteiger partial charge in [-0.1, -0.05) is 13.8 Å². The SMILES string of the molecule is CCCn1cc(-c2nc(C)c(CC)c(NCC)n2)cn1. The second-order valence-electron chi connectivity index (χ2n) is 4.84. The van der Waals surface area contributed by atoms with Crippen molar-refractivity contribution in [2.45, 2.75) is 47.1 Å². The van der Waals surface area contributed by atoms with Crippen molar-refractivity contribution >= 4 is 5.82 Å². The smallest absolute Gasteiger partial charge is 0.164 e. The maximum Gasteiger partial charge on any atom is 0.164 e. The zero-order valence-electron chi connectivity index (χ0n) is 12.8. The Morgan fingerprint density at radius 3 is 2.65 bits per heavy atom. The fraction of sp³-hybridized carbons (Fsp3) is 0.533. The highest BCUT2D eigenvalue weighted by molar-refractivity contribution is 5.58. The predicted octanol–water partition coefficient (Wildman–Crippen LogP) is 3.05. The summed E-state index contributed by atoms with van der Waals surface area (Å²) in [5.41, 5.74) is 3.21. The Kier molecular flexibility index (Phi) is 4.71. The van der Waals surface area contributed by atoms with Crippen molar-refractivity contribution < 1.29 is 0 Å². The number of rotatable bonds is 6. The third-order valence-corrected chi connectivity index (χ3v) is 3.26. The summed E-state index contributed by atoms with van der Waals surface area (Å²) in [6.07, 6.45) is 5.85. The first kappa shape index (κ1) is 14.5. The van der Waals surface area contributed by atoms with Crippen molar-refractivity contribution in [1.82, 2.24) is 19.7 Å². The van der Waals surface area contributed by atoms with Crippen LogP contribution in [-0.2, 0) is 13.0 Å². The minimum absolute atomic E-state index is 0.748. The molecule has 0 saturated heterocycles. The summed E-state index contributed by atoms with van der Waals surface area (Å²) in [4.78, 5) is 9.29. The first-order chi connectivity index (χ1) is 9.69. The number of aryl methyl sites for hydroxylation is 2. The Morgan fingerprint density at radius 1 is 1.20 bits per heavy atom. The van der Waals surface area contributed by atoms with Crippen molar-refractivity contribution in [2.75, 3.05) is 11.9 Å². The molecule has 0 unspecified atom stereocenters. The van der Waals surface area contributed by atoms with Gasteiger partial charge >= 0.3 is 0 Å². The molecular weight excluding hydrogens is 250 g/mol. The molecule has 0 aromatic carbocycles. The van der Waals surface area contributed by atoms with Crippen LogP contribution in [0.15, 0.2) is 12.4 Å². The van der Waals surface area contributed by atoms with Crippen LogP contribution in [0.2, 0.25) is 0 Å². The molecule has 0 spiro atoms. The van der Waals surface area contributed by atoms with E-state index in [0.717, 1.165) is 48.8 Å². The summed E-state index contributed by atoms with van der Waals surface area (Å²) in [5.74, 6) is 1.69. The summed E-state index contributed by atoms with van der Waals surface area (Å²) in [5, 5.41) is 7.68. The lowest BCUT2D eigenvalue weighted by Gasteiger charge is -2.12. The van der Waals surface area contributed by atoms with Crippen LogP contribution >= 0.6 is 0 Å². The van der Waals surface area contributed by atoms with Crippen LogP contribution < -0.4 is 5.32 Å². The minimum atomic E-state index is 0.748. The molecule has 0 fully saturated rings. The fourth-order valence-corrected chi connectivity index (χ4v) is 2.29. The largest absolute Gasteiger partial charge is 0.370 e. The molecule has 2 aromatic rings. The van der Waals surface area contributed by atoms with Gasteiger partial charge in [0.2, 0.25) is 0 Å². The topological polar surface area (TPSA) is 55.6 Å². The van der Waals surface area contributed by atoms with E-state index in [0.29, 0.717) is 0 Å². The van der Waals surface area contributed by atoms with Gasteiger partial charge in [-0.05, 0) is 26.7 Å². The molecule has 1 N–H and O–H groups in total. The number of hydrogen-bond acceptors (Lipinski definition) is 4. The number of nitrogens with one attached hydrogen (secondary N) is 1. The van der Waals surface area contributed by atoms with Crippen LogP contribution in [0, 0.1) is 6.92 Å². The van der Waals surface area contributed by atoms with Gasteiger partial charge in [0.1, 0.15) is 5.82 Å². The van der Waals surface area contributed by atoms with E-state index in [-0.39, 0.29) is 0 Å². The Balaban J connectivity index is 2.40. The van der Waals surface area contributed by atoms with E-state index in [2.05, 4.69) is 41.2 Å². The molecule has 5 nitrogen and oxygen atoms in total. The molecule has 0 amide bonds. The molecule has 2 rings (SSSR count). The van der Waals surface area contributed by atoms with E-state index >= 15 is 0 Å². The van der Waals surface area contributed by atoms with Gasteiger partial charge in [-0.3, -0.25) is 4.68 Å². The van der Waals surface area contributed by atoms with Crippen molar-refractivity contribution in [1.29, 1.82) is 0 Å². The van der Waals surface area contributed by atoms with E-state index < -0.39 is 0 Å². The highest BCUT2D eigenvalue weighted by Crippen LogP contribution is 2.22. The van der Waals surface area contributed by atoms with Crippen LogP contribution in [-0.4, -0.2) is 26.3 Å². The van der Waals surface area contributed by atoms with Crippen molar-refractivity contribution in [3.8, 4) is 11.4 Å². The molecule has 0 saturated carbocycles. The Labute approximate surface area is 120 Å². The lowest BCUT2D eigenvalue weighted by Crippen LogP contribution is -2.07. The maximum absolute atomic E-state index is 4.66. The Hall–Kier alpha value is -1.91. The van der Waals surface area contributed by atoms with E-state index in [9.17, 15) is 0 Å². The number of anilines is 1. The monoisotopic (exact) mass is 273 g/mol. The second-order valence-corrected chi connectivity index (χ2v) is 4.84. The van der Waals surface area contributed by atoms with Gasteiger partial charge in [-0.25, -0.2) is 9.97 Å². The highest BCUT2D eigenvalue weighted by Gasteiger charge is 2.12. The molecule has 2 heterocycles. The molecule has 0 atom stereocenters. The summed E-state index contributed by atoms with van der Waals surface area (Å²) in [7, 11) is 0. The molecule has 2 aromatic heterocycles. The van der Waals surface area contributed by atoms with Gasteiger partial charge < -0.3 is 5.32 Å². The summed E-state index contributed by atoms with van der Waals surface area (Å²) in [6, 6.07) is 0. The minimum Gasteiger partial charge on any atom is -0.370 e. The average Bonchev–Trinajstić information content (AvgIpc) is 2.88. The molecule has 108 valence electrons. The average molecular weight is 273 g/mol. The van der Waals surface area contributed by atoms with Gasteiger partial charge in [-0.15, -0.1) is 0 Å². The van der Waals surface area contributed by atoms with Gasteiger partial charge in [0.05, 0.1) is 11.8 Å². The molecular formula is C15H23N5. The molecule has 0 aliphatic heterocycles. The Bertz CT molecular complexity index is 574. The van der Waals surface area contributed by atoms with Crippen molar-refractivity contribution in [2.24, 2.45) is 0 Å². The molecule has 0 bridgehead atoms. The molecule has 0 aliphatic carbocycles. The van der Waals surface area contributed by atoms with Gasteiger partial charge in [0.15, 0.2) is 5.82 Å². The third-order valence-electron chi connectivity index (χ3n) is 3.26. The number of aromatic nitrogens is 4. The van der Waals surface area contributed by atoms with Crippen LogP contribution in [0.5, 0.6) is 0 Å².